The number of aromatic nitrogens is 3. The summed E-state index contributed by atoms with van der Waals surface area (Å²) in [7, 11) is 0. The zero-order chi connectivity index (χ0) is 19.7. The molecule has 28 heavy (non-hydrogen) atoms. The molecule has 2 aromatic heterocycles. The molecule has 0 spiro atoms. The summed E-state index contributed by atoms with van der Waals surface area (Å²) in [6, 6.07) is 11.0. The maximum atomic E-state index is 14.1. The monoisotopic (exact) mass is 443 g/mol. The number of pyridine rings is 1. The molecule has 0 unspecified atom stereocenters. The third-order valence-corrected chi connectivity index (χ3v) is 5.70. The van der Waals surface area contributed by atoms with Gasteiger partial charge in [-0.15, -0.1) is 0 Å². The van der Waals surface area contributed by atoms with E-state index in [2.05, 4.69) is 37.6 Å². The van der Waals surface area contributed by atoms with Crippen molar-refractivity contribution >= 4 is 21.6 Å². The van der Waals surface area contributed by atoms with Gasteiger partial charge in [-0.3, -0.25) is 4.90 Å². The van der Waals surface area contributed by atoms with Crippen LogP contribution in [0.5, 0.6) is 0 Å². The molecule has 0 atom stereocenters. The largest absolute Gasteiger partial charge is 0.366 e. The van der Waals surface area contributed by atoms with Crippen molar-refractivity contribution in [2.45, 2.75) is 20.4 Å². The molecule has 4 rings (SSSR count). The third kappa shape index (κ3) is 3.82. The zero-order valence-electron chi connectivity index (χ0n) is 16.1. The van der Waals surface area contributed by atoms with Crippen molar-refractivity contribution in [3.05, 3.63) is 69.8 Å². The number of benzene rings is 1. The van der Waals surface area contributed by atoms with Crippen LogP contribution in [0.4, 0.5) is 10.1 Å². The fraction of sp³-hybridized carbons (Fsp3) is 0.333. The Morgan fingerprint density at radius 1 is 1.07 bits per heavy atom. The van der Waals surface area contributed by atoms with E-state index in [0.29, 0.717) is 6.54 Å². The molecule has 1 saturated heterocycles. The number of anilines is 1. The fourth-order valence-electron chi connectivity index (χ4n) is 3.83. The summed E-state index contributed by atoms with van der Waals surface area (Å²) < 4.78 is 16.9. The van der Waals surface area contributed by atoms with E-state index >= 15 is 0 Å². The van der Waals surface area contributed by atoms with Gasteiger partial charge in [-0.25, -0.2) is 14.1 Å². The molecule has 3 aromatic rings. The van der Waals surface area contributed by atoms with Crippen molar-refractivity contribution in [1.82, 2.24) is 19.7 Å². The number of rotatable bonds is 4. The predicted molar refractivity (Wildman–Crippen MR) is 112 cm³/mol. The van der Waals surface area contributed by atoms with Crippen LogP contribution < -0.4 is 4.90 Å². The molecule has 1 aliphatic rings. The van der Waals surface area contributed by atoms with Crippen molar-refractivity contribution in [3.8, 4) is 5.82 Å². The highest BCUT2D eigenvalue weighted by Crippen LogP contribution is 2.27. The second-order valence-electron chi connectivity index (χ2n) is 7.12. The number of hydrogen-bond acceptors (Lipinski definition) is 4. The van der Waals surface area contributed by atoms with E-state index in [4.69, 9.17) is 5.10 Å². The Morgan fingerprint density at radius 3 is 2.57 bits per heavy atom. The van der Waals surface area contributed by atoms with Gasteiger partial charge >= 0.3 is 0 Å². The molecule has 1 aromatic carbocycles. The summed E-state index contributed by atoms with van der Waals surface area (Å²) in [4.78, 5) is 9.10. The van der Waals surface area contributed by atoms with E-state index in [0.717, 1.165) is 53.4 Å². The first-order valence-electron chi connectivity index (χ1n) is 9.42. The van der Waals surface area contributed by atoms with Gasteiger partial charge in [0.2, 0.25) is 0 Å². The molecular weight excluding hydrogens is 421 g/mol. The topological polar surface area (TPSA) is 37.2 Å². The number of nitrogens with zero attached hydrogens (tertiary/aromatic N) is 5. The molecule has 3 heterocycles. The lowest BCUT2D eigenvalue weighted by molar-refractivity contribution is 0.246. The Morgan fingerprint density at radius 2 is 1.86 bits per heavy atom. The SMILES string of the molecule is Cc1nn(-c2ccccn2)c(C)c1N1CCN(Cc2cc(Br)ccc2F)CC1. The molecule has 5 nitrogen and oxygen atoms in total. The average Bonchev–Trinajstić information content (AvgIpc) is 3.00. The van der Waals surface area contributed by atoms with Crippen LogP contribution in [0.1, 0.15) is 17.0 Å². The first-order chi connectivity index (χ1) is 13.5. The standard InChI is InChI=1S/C21H23BrFN5/c1-15-21(16(2)28(25-15)20-5-3-4-8-24-20)27-11-9-26(10-12-27)14-17-13-18(22)6-7-19(17)23/h3-8,13H,9-12,14H2,1-2H3. The summed E-state index contributed by atoms with van der Waals surface area (Å²) >= 11 is 3.43. The lowest BCUT2D eigenvalue weighted by atomic mass is 10.1. The second kappa shape index (κ2) is 8.01. The van der Waals surface area contributed by atoms with E-state index in [1.165, 1.54) is 11.8 Å². The summed E-state index contributed by atoms with van der Waals surface area (Å²) in [6.07, 6.45) is 1.78. The van der Waals surface area contributed by atoms with E-state index < -0.39 is 0 Å². The van der Waals surface area contributed by atoms with Gasteiger partial charge in [-0.1, -0.05) is 22.0 Å². The minimum atomic E-state index is -0.144. The van der Waals surface area contributed by atoms with Gasteiger partial charge in [0.05, 0.1) is 17.1 Å². The Balaban J connectivity index is 1.47. The molecule has 1 aliphatic heterocycles. The van der Waals surface area contributed by atoms with Gasteiger partial charge in [0.1, 0.15) is 5.82 Å². The van der Waals surface area contributed by atoms with E-state index in [-0.39, 0.29) is 5.82 Å². The smallest absolute Gasteiger partial charge is 0.153 e. The third-order valence-electron chi connectivity index (χ3n) is 5.21. The quantitative estimate of drug-likeness (QED) is 0.607. The maximum Gasteiger partial charge on any atom is 0.153 e. The normalized spacial score (nSPS) is 15.2. The van der Waals surface area contributed by atoms with Crippen LogP contribution in [0.15, 0.2) is 47.1 Å². The van der Waals surface area contributed by atoms with Crippen LogP contribution in [0.3, 0.4) is 0 Å². The van der Waals surface area contributed by atoms with Crippen LogP contribution >= 0.6 is 15.9 Å². The summed E-state index contributed by atoms with van der Waals surface area (Å²) in [6.45, 7) is 8.33. The minimum absolute atomic E-state index is 0.144. The van der Waals surface area contributed by atoms with Gasteiger partial charge < -0.3 is 4.90 Å². The molecule has 1 fully saturated rings. The molecule has 0 amide bonds. The fourth-order valence-corrected chi connectivity index (χ4v) is 4.24. The number of halogens is 2. The van der Waals surface area contributed by atoms with Crippen LogP contribution in [0.2, 0.25) is 0 Å². The molecule has 0 aliphatic carbocycles. The molecule has 0 N–H and O–H groups in total. The van der Waals surface area contributed by atoms with Crippen molar-refractivity contribution in [2.24, 2.45) is 0 Å². The molecule has 0 bridgehead atoms. The first-order valence-corrected chi connectivity index (χ1v) is 10.2. The van der Waals surface area contributed by atoms with Gasteiger partial charge in [0, 0.05) is 49.0 Å². The van der Waals surface area contributed by atoms with Gasteiger partial charge in [-0.2, -0.15) is 5.10 Å². The van der Waals surface area contributed by atoms with E-state index in [1.807, 2.05) is 35.9 Å². The molecular formula is C21H23BrFN5. The Bertz CT molecular complexity index is 964. The van der Waals surface area contributed by atoms with E-state index in [1.54, 1.807) is 12.3 Å². The number of hydrogen-bond donors (Lipinski definition) is 0. The summed E-state index contributed by atoms with van der Waals surface area (Å²) in [5.41, 5.74) is 4.02. The highest BCUT2D eigenvalue weighted by atomic mass is 79.9. The molecule has 0 radical (unpaired) electrons. The van der Waals surface area contributed by atoms with Gasteiger partial charge in [0.15, 0.2) is 5.82 Å². The summed E-state index contributed by atoms with van der Waals surface area (Å²) in [5, 5.41) is 4.71. The van der Waals surface area contributed by atoms with Crippen LogP contribution in [-0.4, -0.2) is 45.8 Å². The maximum absolute atomic E-state index is 14.1. The highest BCUT2D eigenvalue weighted by Gasteiger charge is 2.24. The summed E-state index contributed by atoms with van der Waals surface area (Å²) in [5.74, 6) is 0.687. The van der Waals surface area contributed by atoms with Crippen LogP contribution in [-0.2, 0) is 6.54 Å². The van der Waals surface area contributed by atoms with Crippen LogP contribution in [0, 0.1) is 19.7 Å². The lowest BCUT2D eigenvalue weighted by Crippen LogP contribution is -2.46. The van der Waals surface area contributed by atoms with E-state index in [9.17, 15) is 4.39 Å². The average molecular weight is 444 g/mol. The second-order valence-corrected chi connectivity index (χ2v) is 8.03. The Hall–Kier alpha value is -2.25. The lowest BCUT2D eigenvalue weighted by Gasteiger charge is -2.36. The minimum Gasteiger partial charge on any atom is -0.366 e. The Kier molecular flexibility index (Phi) is 5.46. The van der Waals surface area contributed by atoms with Gasteiger partial charge in [-0.05, 0) is 44.2 Å². The number of aryl methyl sites for hydroxylation is 1. The van der Waals surface area contributed by atoms with Crippen molar-refractivity contribution in [2.75, 3.05) is 31.1 Å². The Labute approximate surface area is 172 Å². The molecule has 7 heteroatoms. The molecule has 0 saturated carbocycles. The predicted octanol–water partition coefficient (Wildman–Crippen LogP) is 4.11. The van der Waals surface area contributed by atoms with Crippen LogP contribution in [0.25, 0.3) is 5.82 Å². The zero-order valence-corrected chi connectivity index (χ0v) is 17.7. The highest BCUT2D eigenvalue weighted by molar-refractivity contribution is 9.10. The van der Waals surface area contributed by atoms with Crippen molar-refractivity contribution < 1.29 is 4.39 Å². The van der Waals surface area contributed by atoms with Gasteiger partial charge in [0.25, 0.3) is 0 Å². The first kappa shape index (κ1) is 19.1. The van der Waals surface area contributed by atoms with Crippen molar-refractivity contribution in [1.29, 1.82) is 0 Å². The molecule has 146 valence electrons. The van der Waals surface area contributed by atoms with Crippen molar-refractivity contribution in [3.63, 3.8) is 0 Å². The number of piperazine rings is 1.